The number of carbonyl (C=O) groups is 2. The maximum absolute atomic E-state index is 13.3. The lowest BCUT2D eigenvalue weighted by molar-refractivity contribution is -0.139. The summed E-state index contributed by atoms with van der Waals surface area (Å²) in [4.78, 5) is 50.9. The molecule has 2 aromatic carbocycles. The van der Waals surface area contributed by atoms with Crippen LogP contribution in [0.1, 0.15) is 50.1 Å². The van der Waals surface area contributed by atoms with Gasteiger partial charge < -0.3 is 14.2 Å². The smallest absolute Gasteiger partial charge is 0.423 e. The predicted molar refractivity (Wildman–Crippen MR) is 127 cm³/mol. The van der Waals surface area contributed by atoms with Crippen molar-refractivity contribution in [1.82, 2.24) is 9.55 Å². The van der Waals surface area contributed by atoms with E-state index in [0.717, 1.165) is 11.1 Å². The van der Waals surface area contributed by atoms with Gasteiger partial charge in [0.2, 0.25) is 0 Å². The highest BCUT2D eigenvalue weighted by molar-refractivity contribution is 5.90. The lowest BCUT2D eigenvalue weighted by Crippen LogP contribution is -2.36. The molecule has 3 aromatic rings. The van der Waals surface area contributed by atoms with E-state index in [4.69, 9.17) is 14.2 Å². The molecular weight excluding hydrogens is 509 g/mol. The van der Waals surface area contributed by atoms with Crippen LogP contribution < -0.4 is 11.2 Å². The van der Waals surface area contributed by atoms with Gasteiger partial charge in [-0.2, -0.15) is 13.2 Å². The largest absolute Gasteiger partial charge is 0.459 e. The molecule has 1 saturated heterocycles. The number of nitrogens with zero attached hydrogens (tertiary/aromatic N) is 1. The molecule has 38 heavy (non-hydrogen) atoms. The first kappa shape index (κ1) is 26.9. The van der Waals surface area contributed by atoms with Gasteiger partial charge in [-0.05, 0) is 38.1 Å². The maximum atomic E-state index is 13.3. The van der Waals surface area contributed by atoms with Gasteiger partial charge in [-0.3, -0.25) is 14.3 Å². The fourth-order valence-corrected chi connectivity index (χ4v) is 3.87. The highest BCUT2D eigenvalue weighted by Crippen LogP contribution is 2.32. The third kappa shape index (κ3) is 6.02. The number of halogens is 3. The van der Waals surface area contributed by atoms with Crippen LogP contribution in [0.2, 0.25) is 0 Å². The van der Waals surface area contributed by atoms with Crippen LogP contribution in [0.25, 0.3) is 0 Å². The number of ether oxygens (including phenoxy) is 3. The molecule has 1 aliphatic rings. The van der Waals surface area contributed by atoms with Crippen molar-refractivity contribution >= 4 is 11.9 Å². The van der Waals surface area contributed by atoms with Gasteiger partial charge in [-0.15, -0.1) is 0 Å². The Morgan fingerprint density at radius 3 is 2.08 bits per heavy atom. The molecule has 1 N–H and O–H groups in total. The first-order valence-electron chi connectivity index (χ1n) is 11.5. The number of rotatable bonds is 6. The van der Waals surface area contributed by atoms with Crippen LogP contribution in [-0.4, -0.2) is 40.3 Å². The molecule has 0 bridgehead atoms. The second kappa shape index (κ2) is 10.7. The molecular formula is C26H23F3N2O7. The molecule has 0 spiro atoms. The van der Waals surface area contributed by atoms with Crippen molar-refractivity contribution in [3.05, 3.63) is 103 Å². The summed E-state index contributed by atoms with van der Waals surface area (Å²) in [5.74, 6) is -1.43. The van der Waals surface area contributed by atoms with E-state index >= 15 is 0 Å². The van der Waals surface area contributed by atoms with Crippen molar-refractivity contribution in [2.24, 2.45) is 0 Å². The van der Waals surface area contributed by atoms with Crippen LogP contribution in [0, 0.1) is 13.8 Å². The summed E-state index contributed by atoms with van der Waals surface area (Å²) in [5.41, 5.74) is -2.03. The van der Waals surface area contributed by atoms with Crippen LogP contribution >= 0.6 is 0 Å². The van der Waals surface area contributed by atoms with E-state index in [-0.39, 0.29) is 17.5 Å². The van der Waals surface area contributed by atoms with Crippen LogP contribution in [0.15, 0.2) is 64.3 Å². The van der Waals surface area contributed by atoms with Crippen molar-refractivity contribution in [2.75, 3.05) is 6.61 Å². The minimum absolute atomic E-state index is 0.218. The summed E-state index contributed by atoms with van der Waals surface area (Å²) >= 11 is 0. The summed E-state index contributed by atoms with van der Waals surface area (Å²) < 4.78 is 57.0. The minimum atomic E-state index is -5.03. The molecule has 0 aliphatic carbocycles. The van der Waals surface area contributed by atoms with Gasteiger partial charge in [0.25, 0.3) is 5.56 Å². The van der Waals surface area contributed by atoms with Crippen molar-refractivity contribution in [2.45, 2.75) is 44.9 Å². The SMILES string of the molecule is Cc1ccc(C(=O)OCC2OC(n3cc(C(F)(F)F)c(=O)[nH]c3=O)CC2OC(=O)c2ccc(C)cc2)cc1. The zero-order valence-electron chi connectivity index (χ0n) is 20.3. The second-order valence-corrected chi connectivity index (χ2v) is 8.85. The van der Waals surface area contributed by atoms with E-state index in [2.05, 4.69) is 0 Å². The highest BCUT2D eigenvalue weighted by Gasteiger charge is 2.42. The Bertz CT molecular complexity index is 1440. The maximum Gasteiger partial charge on any atom is 0.423 e. The fourth-order valence-electron chi connectivity index (χ4n) is 3.87. The lowest BCUT2D eigenvalue weighted by Gasteiger charge is -2.19. The minimum Gasteiger partial charge on any atom is -0.459 e. The molecule has 1 aromatic heterocycles. The number of esters is 2. The second-order valence-electron chi connectivity index (χ2n) is 8.85. The van der Waals surface area contributed by atoms with Gasteiger partial charge in [-0.25, -0.2) is 14.4 Å². The predicted octanol–water partition coefficient (Wildman–Crippen LogP) is 3.54. The molecule has 0 radical (unpaired) electrons. The summed E-state index contributed by atoms with van der Waals surface area (Å²) in [6.07, 6.45) is -8.47. The van der Waals surface area contributed by atoms with Crippen LogP contribution in [0.4, 0.5) is 13.2 Å². The van der Waals surface area contributed by atoms with Gasteiger partial charge in [0, 0.05) is 12.6 Å². The fraction of sp³-hybridized carbons (Fsp3) is 0.308. The molecule has 1 fully saturated rings. The Labute approximate surface area is 213 Å². The zero-order valence-corrected chi connectivity index (χ0v) is 20.3. The van der Waals surface area contributed by atoms with E-state index < -0.39 is 60.0 Å². The molecule has 9 nitrogen and oxygen atoms in total. The van der Waals surface area contributed by atoms with E-state index in [9.17, 15) is 32.3 Å². The first-order valence-corrected chi connectivity index (χ1v) is 11.5. The molecule has 200 valence electrons. The third-order valence-corrected chi connectivity index (χ3v) is 5.98. The van der Waals surface area contributed by atoms with Crippen molar-refractivity contribution < 1.29 is 37.0 Å². The van der Waals surface area contributed by atoms with Gasteiger partial charge >= 0.3 is 23.8 Å². The topological polar surface area (TPSA) is 117 Å². The quantitative estimate of drug-likeness (QED) is 0.483. The Hall–Kier alpha value is -4.19. The highest BCUT2D eigenvalue weighted by atomic mass is 19.4. The average molecular weight is 532 g/mol. The number of hydrogen-bond acceptors (Lipinski definition) is 7. The number of alkyl halides is 3. The number of hydrogen-bond donors (Lipinski definition) is 1. The standard InChI is InChI=1S/C26H23F3N2O7/c1-14-3-7-16(8-4-14)23(33)36-13-20-19(38-24(34)17-9-5-15(2)6-10-17)11-21(37-20)31-12-18(26(27,28)29)22(32)30-25(31)35/h3-10,12,19-21H,11,13H2,1-2H3,(H,30,32,35). The number of aromatic amines is 1. The monoisotopic (exact) mass is 532 g/mol. The number of H-pyrrole nitrogens is 1. The normalized spacial score (nSPS) is 19.2. The number of carbonyl (C=O) groups excluding carboxylic acids is 2. The summed E-state index contributed by atoms with van der Waals surface area (Å²) in [6, 6.07) is 13.0. The van der Waals surface area contributed by atoms with Gasteiger partial charge in [0.15, 0.2) is 0 Å². The molecule has 1 aliphatic heterocycles. The summed E-state index contributed by atoms with van der Waals surface area (Å²) in [7, 11) is 0. The van der Waals surface area contributed by atoms with Gasteiger partial charge in [-0.1, -0.05) is 35.4 Å². The lowest BCUT2D eigenvalue weighted by atomic mass is 10.1. The molecule has 2 heterocycles. The van der Waals surface area contributed by atoms with Crippen molar-refractivity contribution in [1.29, 1.82) is 0 Å². The van der Waals surface area contributed by atoms with E-state index in [1.807, 2.05) is 13.8 Å². The van der Waals surface area contributed by atoms with Crippen LogP contribution in [0.3, 0.4) is 0 Å². The summed E-state index contributed by atoms with van der Waals surface area (Å²) in [5, 5.41) is 0. The first-order chi connectivity index (χ1) is 17.9. The molecule has 0 saturated carbocycles. The zero-order chi connectivity index (χ0) is 27.6. The third-order valence-electron chi connectivity index (χ3n) is 5.98. The number of nitrogens with one attached hydrogen (secondary N) is 1. The molecule has 4 rings (SSSR count). The Kier molecular flexibility index (Phi) is 7.53. The van der Waals surface area contributed by atoms with Crippen molar-refractivity contribution in [3.63, 3.8) is 0 Å². The Balaban J connectivity index is 1.58. The average Bonchev–Trinajstić information content (AvgIpc) is 3.24. The van der Waals surface area contributed by atoms with Crippen LogP contribution in [0.5, 0.6) is 0 Å². The number of aromatic nitrogens is 2. The number of aryl methyl sites for hydroxylation is 2. The molecule has 3 atom stereocenters. The van der Waals surface area contributed by atoms with E-state index in [1.165, 1.54) is 0 Å². The Morgan fingerprint density at radius 1 is 0.974 bits per heavy atom. The molecule has 12 heteroatoms. The van der Waals surface area contributed by atoms with E-state index in [1.54, 1.807) is 53.5 Å². The van der Waals surface area contributed by atoms with E-state index in [0.29, 0.717) is 10.8 Å². The van der Waals surface area contributed by atoms with Crippen molar-refractivity contribution in [3.8, 4) is 0 Å². The summed E-state index contributed by atoms with van der Waals surface area (Å²) in [6.45, 7) is 3.26. The van der Waals surface area contributed by atoms with Gasteiger partial charge in [0.05, 0.1) is 11.1 Å². The van der Waals surface area contributed by atoms with Crippen LogP contribution in [-0.2, 0) is 20.4 Å². The van der Waals surface area contributed by atoms with Gasteiger partial charge in [0.1, 0.15) is 30.6 Å². The number of benzene rings is 2. The molecule has 0 amide bonds. The molecule has 3 unspecified atom stereocenters. The Morgan fingerprint density at radius 2 is 1.53 bits per heavy atom.